The zero-order valence-corrected chi connectivity index (χ0v) is 14.3. The molecule has 2 N–H and O–H groups in total. The van der Waals surface area contributed by atoms with Crippen molar-refractivity contribution in [3.8, 4) is 5.75 Å². The van der Waals surface area contributed by atoms with Crippen LogP contribution in [0.25, 0.3) is 0 Å². The first-order chi connectivity index (χ1) is 11.2. The highest BCUT2D eigenvalue weighted by Crippen LogP contribution is 2.30. The zero-order valence-electron chi connectivity index (χ0n) is 12.8. The third-order valence-corrected chi connectivity index (χ3v) is 4.65. The summed E-state index contributed by atoms with van der Waals surface area (Å²) in [5.41, 5.74) is 0.381. The number of methoxy groups -OCH3 is 1. The molecule has 2 aromatic carbocycles. The second-order valence-corrected chi connectivity index (χ2v) is 6.86. The SMILES string of the molecule is COc1cc(S(=O)(=O)Nc2ccc(F)cc2Cl)ccc1NC(C)=O. The predicted octanol–water partition coefficient (Wildman–Crippen LogP) is 3.25. The molecule has 0 aromatic heterocycles. The van der Waals surface area contributed by atoms with Gasteiger partial charge in [0.1, 0.15) is 11.6 Å². The van der Waals surface area contributed by atoms with Crippen molar-refractivity contribution in [1.29, 1.82) is 0 Å². The van der Waals surface area contributed by atoms with Gasteiger partial charge in [0.05, 0.1) is 28.4 Å². The number of sulfonamides is 1. The Labute approximate surface area is 143 Å². The second-order valence-electron chi connectivity index (χ2n) is 4.77. The van der Waals surface area contributed by atoms with Crippen LogP contribution in [0.5, 0.6) is 5.75 Å². The van der Waals surface area contributed by atoms with Gasteiger partial charge in [0.2, 0.25) is 5.91 Å². The molecular formula is C15H14ClFN2O4S. The molecule has 0 atom stereocenters. The lowest BCUT2D eigenvalue weighted by Crippen LogP contribution is -2.14. The number of hydrogen-bond donors (Lipinski definition) is 2. The summed E-state index contributed by atoms with van der Waals surface area (Å²) in [5.74, 6) is -0.720. The fourth-order valence-corrected chi connectivity index (χ4v) is 3.27. The van der Waals surface area contributed by atoms with Crippen molar-refractivity contribution >= 4 is 38.9 Å². The van der Waals surface area contributed by atoms with Gasteiger partial charge in [-0.05, 0) is 30.3 Å². The van der Waals surface area contributed by atoms with Crippen LogP contribution in [0.15, 0.2) is 41.3 Å². The molecule has 0 aliphatic carbocycles. The third kappa shape index (κ3) is 4.15. The fraction of sp³-hybridized carbons (Fsp3) is 0.133. The molecule has 2 aromatic rings. The minimum Gasteiger partial charge on any atom is -0.495 e. The van der Waals surface area contributed by atoms with Crippen LogP contribution in [0.2, 0.25) is 5.02 Å². The maximum Gasteiger partial charge on any atom is 0.262 e. The number of amides is 1. The molecule has 0 radical (unpaired) electrons. The van der Waals surface area contributed by atoms with Crippen LogP contribution in [0.3, 0.4) is 0 Å². The second kappa shape index (κ2) is 7.06. The van der Waals surface area contributed by atoms with Crippen molar-refractivity contribution < 1.29 is 22.3 Å². The maximum absolute atomic E-state index is 13.0. The molecule has 24 heavy (non-hydrogen) atoms. The van der Waals surface area contributed by atoms with E-state index in [1.165, 1.54) is 38.3 Å². The first-order valence-corrected chi connectivity index (χ1v) is 8.52. The van der Waals surface area contributed by atoms with Crippen LogP contribution < -0.4 is 14.8 Å². The lowest BCUT2D eigenvalue weighted by atomic mass is 10.3. The van der Waals surface area contributed by atoms with Crippen LogP contribution in [0.4, 0.5) is 15.8 Å². The average Bonchev–Trinajstić information content (AvgIpc) is 2.49. The number of halogens is 2. The van der Waals surface area contributed by atoms with Gasteiger partial charge < -0.3 is 10.1 Å². The molecule has 6 nitrogen and oxygen atoms in total. The largest absolute Gasteiger partial charge is 0.495 e. The molecule has 2 rings (SSSR count). The van der Waals surface area contributed by atoms with Crippen molar-refractivity contribution in [2.75, 3.05) is 17.1 Å². The van der Waals surface area contributed by atoms with E-state index in [0.29, 0.717) is 5.69 Å². The van der Waals surface area contributed by atoms with E-state index in [9.17, 15) is 17.6 Å². The van der Waals surface area contributed by atoms with E-state index in [2.05, 4.69) is 10.0 Å². The number of ether oxygens (including phenoxy) is 1. The van der Waals surface area contributed by atoms with Crippen LogP contribution in [0.1, 0.15) is 6.92 Å². The van der Waals surface area contributed by atoms with E-state index in [0.717, 1.165) is 12.1 Å². The predicted molar refractivity (Wildman–Crippen MR) is 89.5 cm³/mol. The van der Waals surface area contributed by atoms with Gasteiger partial charge in [0, 0.05) is 13.0 Å². The van der Waals surface area contributed by atoms with Crippen LogP contribution >= 0.6 is 11.6 Å². The summed E-state index contributed by atoms with van der Waals surface area (Å²) >= 11 is 5.82. The smallest absolute Gasteiger partial charge is 0.262 e. The van der Waals surface area contributed by atoms with Crippen molar-refractivity contribution in [2.45, 2.75) is 11.8 Å². The molecule has 0 bridgehead atoms. The minimum absolute atomic E-state index is 0.0444. The molecular weight excluding hydrogens is 359 g/mol. The Morgan fingerprint density at radius 3 is 2.42 bits per heavy atom. The van der Waals surface area contributed by atoms with Gasteiger partial charge in [-0.2, -0.15) is 0 Å². The number of rotatable bonds is 5. The summed E-state index contributed by atoms with van der Waals surface area (Å²) in [6, 6.07) is 7.27. The van der Waals surface area contributed by atoms with E-state index in [1.807, 2.05) is 0 Å². The topological polar surface area (TPSA) is 84.5 Å². The molecule has 0 saturated carbocycles. The summed E-state index contributed by atoms with van der Waals surface area (Å²) in [7, 11) is -2.63. The van der Waals surface area contributed by atoms with Gasteiger partial charge in [-0.1, -0.05) is 11.6 Å². The Balaban J connectivity index is 2.36. The summed E-state index contributed by atoms with van der Waals surface area (Å²) in [6.45, 7) is 1.32. The van der Waals surface area contributed by atoms with Crippen molar-refractivity contribution in [3.05, 3.63) is 47.2 Å². The van der Waals surface area contributed by atoms with Gasteiger partial charge in [-0.25, -0.2) is 12.8 Å². The standard InChI is InChI=1S/C15H14ClFN2O4S/c1-9(20)18-14-6-4-11(8-15(14)23-2)24(21,22)19-13-5-3-10(17)7-12(13)16/h3-8,19H,1-2H3,(H,18,20). The van der Waals surface area contributed by atoms with Crippen molar-refractivity contribution in [1.82, 2.24) is 0 Å². The van der Waals surface area contributed by atoms with Gasteiger partial charge in [0.25, 0.3) is 10.0 Å². The van der Waals surface area contributed by atoms with Crippen molar-refractivity contribution in [3.63, 3.8) is 0 Å². The highest BCUT2D eigenvalue weighted by atomic mass is 35.5. The fourth-order valence-electron chi connectivity index (χ4n) is 1.91. The quantitative estimate of drug-likeness (QED) is 0.843. The van der Waals surface area contributed by atoms with E-state index >= 15 is 0 Å². The van der Waals surface area contributed by atoms with Crippen LogP contribution in [-0.2, 0) is 14.8 Å². The van der Waals surface area contributed by atoms with E-state index in [-0.39, 0.29) is 27.3 Å². The van der Waals surface area contributed by atoms with Crippen LogP contribution in [0, 0.1) is 5.82 Å². The molecule has 0 saturated heterocycles. The number of carbonyl (C=O) groups is 1. The van der Waals surface area contributed by atoms with Crippen molar-refractivity contribution in [2.24, 2.45) is 0 Å². The first-order valence-electron chi connectivity index (χ1n) is 6.66. The average molecular weight is 373 g/mol. The Morgan fingerprint density at radius 2 is 1.83 bits per heavy atom. The number of benzene rings is 2. The number of nitrogens with one attached hydrogen (secondary N) is 2. The summed E-state index contributed by atoms with van der Waals surface area (Å²) < 4.78 is 45.3. The third-order valence-electron chi connectivity index (χ3n) is 2.97. The number of anilines is 2. The molecule has 128 valence electrons. The van der Waals surface area contributed by atoms with E-state index in [4.69, 9.17) is 16.3 Å². The maximum atomic E-state index is 13.0. The molecule has 0 spiro atoms. The Kier molecular flexibility index (Phi) is 5.30. The highest BCUT2D eigenvalue weighted by Gasteiger charge is 2.18. The lowest BCUT2D eigenvalue weighted by molar-refractivity contribution is -0.114. The Morgan fingerprint density at radius 1 is 1.17 bits per heavy atom. The first kappa shape index (κ1) is 18.0. The molecule has 1 amide bonds. The number of hydrogen-bond acceptors (Lipinski definition) is 4. The van der Waals surface area contributed by atoms with Crippen LogP contribution in [-0.4, -0.2) is 21.4 Å². The molecule has 9 heteroatoms. The van der Waals surface area contributed by atoms with E-state index in [1.54, 1.807) is 0 Å². The van der Waals surface area contributed by atoms with Gasteiger partial charge in [-0.3, -0.25) is 9.52 Å². The lowest BCUT2D eigenvalue weighted by Gasteiger charge is -2.13. The minimum atomic E-state index is -3.98. The zero-order chi connectivity index (χ0) is 17.9. The summed E-state index contributed by atoms with van der Waals surface area (Å²) in [4.78, 5) is 11.0. The molecule has 0 aliphatic rings. The highest BCUT2D eigenvalue weighted by molar-refractivity contribution is 7.92. The summed E-state index contributed by atoms with van der Waals surface area (Å²) in [5, 5.41) is 2.46. The molecule has 0 unspecified atom stereocenters. The molecule has 0 heterocycles. The van der Waals surface area contributed by atoms with Gasteiger partial charge in [0.15, 0.2) is 0 Å². The number of carbonyl (C=O) groups excluding carboxylic acids is 1. The van der Waals surface area contributed by atoms with Gasteiger partial charge in [-0.15, -0.1) is 0 Å². The van der Waals surface area contributed by atoms with Gasteiger partial charge >= 0.3 is 0 Å². The molecule has 0 fully saturated rings. The summed E-state index contributed by atoms with van der Waals surface area (Å²) in [6.07, 6.45) is 0. The monoisotopic (exact) mass is 372 g/mol. The Hall–Kier alpha value is -2.32. The normalized spacial score (nSPS) is 11.0. The Bertz CT molecular complexity index is 887. The molecule has 0 aliphatic heterocycles. The van der Waals surface area contributed by atoms with E-state index < -0.39 is 15.8 Å².